The van der Waals surface area contributed by atoms with Gasteiger partial charge in [0.25, 0.3) is 0 Å². The van der Waals surface area contributed by atoms with Gasteiger partial charge in [-0.05, 0) is 76.8 Å². The predicted molar refractivity (Wildman–Crippen MR) is 186 cm³/mol. The molecule has 2 aromatic heterocycles. The van der Waals surface area contributed by atoms with E-state index in [1.54, 1.807) is 22.7 Å². The summed E-state index contributed by atoms with van der Waals surface area (Å²) in [6, 6.07) is 10.7. The topological polar surface area (TPSA) is 103 Å². The highest BCUT2D eigenvalue weighted by Gasteiger charge is 2.56. The van der Waals surface area contributed by atoms with Crippen molar-refractivity contribution in [2.24, 2.45) is 5.41 Å². The first-order valence-corrected chi connectivity index (χ1v) is 17.5. The standard InChI is InChI=1S/C37H49N7O5/c1-25-7-8-28(32(15-25)48-6)22-43-33(45)10-11-42(34(43)46)31-19-38-44-12-9-27(16-30(31)44)21-39-13-14-41(26(2)20-39)29-17-37(18-29)23-40(24-37)35(47)49-36(3,4)5/h7-9,12,15-16,19,26,29H,10-11,13-14,17-18,20-24H2,1-6H3/t26-/m0/s1. The molecule has 1 saturated carbocycles. The summed E-state index contributed by atoms with van der Waals surface area (Å²) < 4.78 is 12.9. The van der Waals surface area contributed by atoms with Gasteiger partial charge in [-0.25, -0.2) is 14.1 Å². The number of anilines is 1. The third-order valence-corrected chi connectivity index (χ3v) is 10.6. The fourth-order valence-corrected chi connectivity index (χ4v) is 8.18. The number of pyridine rings is 1. The van der Waals surface area contributed by atoms with Gasteiger partial charge in [0.2, 0.25) is 5.91 Å². The Balaban J connectivity index is 0.961. The summed E-state index contributed by atoms with van der Waals surface area (Å²) in [7, 11) is 1.60. The average Bonchev–Trinajstić information content (AvgIpc) is 3.41. The van der Waals surface area contributed by atoms with E-state index >= 15 is 0 Å². The maximum Gasteiger partial charge on any atom is 0.410 e. The van der Waals surface area contributed by atoms with E-state index in [0.29, 0.717) is 30.1 Å². The number of carbonyl (C=O) groups is 3. The minimum atomic E-state index is -0.461. The number of urea groups is 1. The van der Waals surface area contributed by atoms with Crippen LogP contribution in [0, 0.1) is 12.3 Å². The Kier molecular flexibility index (Phi) is 8.59. The van der Waals surface area contributed by atoms with Crippen molar-refractivity contribution in [3.8, 4) is 5.75 Å². The quantitative estimate of drug-likeness (QED) is 0.349. The lowest BCUT2D eigenvalue weighted by molar-refractivity contribution is -0.129. The van der Waals surface area contributed by atoms with Crippen LogP contribution in [0.4, 0.5) is 15.3 Å². The number of ether oxygens (including phenoxy) is 2. The van der Waals surface area contributed by atoms with Crippen molar-refractivity contribution in [3.05, 3.63) is 59.4 Å². The Morgan fingerprint density at radius 2 is 1.82 bits per heavy atom. The van der Waals surface area contributed by atoms with Gasteiger partial charge in [-0.1, -0.05) is 12.1 Å². The summed E-state index contributed by atoms with van der Waals surface area (Å²) in [6.07, 6.45) is 6.02. The van der Waals surface area contributed by atoms with E-state index in [2.05, 4.69) is 34.0 Å². The molecule has 49 heavy (non-hydrogen) atoms. The van der Waals surface area contributed by atoms with E-state index in [-0.39, 0.29) is 36.4 Å². The second-order valence-electron chi connectivity index (χ2n) is 15.6. The van der Waals surface area contributed by atoms with Gasteiger partial charge in [-0.2, -0.15) is 5.10 Å². The van der Waals surface area contributed by atoms with E-state index < -0.39 is 5.60 Å². The van der Waals surface area contributed by atoms with Crippen LogP contribution in [0.3, 0.4) is 0 Å². The van der Waals surface area contributed by atoms with Crippen LogP contribution in [0.15, 0.2) is 42.7 Å². The molecule has 3 saturated heterocycles. The second kappa shape index (κ2) is 12.6. The highest BCUT2D eigenvalue weighted by molar-refractivity contribution is 6.07. The number of methoxy groups -OCH3 is 1. The van der Waals surface area contributed by atoms with Crippen LogP contribution in [-0.4, -0.2) is 111 Å². The van der Waals surface area contributed by atoms with E-state index in [0.717, 1.165) is 74.3 Å². The Morgan fingerprint density at radius 3 is 2.53 bits per heavy atom. The molecule has 4 fully saturated rings. The molecule has 0 radical (unpaired) electrons. The number of rotatable bonds is 7. The smallest absolute Gasteiger partial charge is 0.410 e. The Bertz CT molecular complexity index is 1750. The highest BCUT2D eigenvalue weighted by atomic mass is 16.6. The van der Waals surface area contributed by atoms with E-state index in [1.807, 2.05) is 57.0 Å². The molecule has 1 atom stereocenters. The van der Waals surface area contributed by atoms with Crippen LogP contribution in [0.5, 0.6) is 5.75 Å². The maximum atomic E-state index is 13.8. The molecule has 5 heterocycles. The molecule has 1 aliphatic carbocycles. The summed E-state index contributed by atoms with van der Waals surface area (Å²) >= 11 is 0. The van der Waals surface area contributed by atoms with Crippen LogP contribution in [0.25, 0.3) is 5.52 Å². The number of piperazine rings is 1. The Hall–Kier alpha value is -4.16. The zero-order valence-electron chi connectivity index (χ0n) is 29.6. The van der Waals surface area contributed by atoms with Crippen LogP contribution in [0.2, 0.25) is 0 Å². The minimum Gasteiger partial charge on any atom is -0.496 e. The second-order valence-corrected chi connectivity index (χ2v) is 15.6. The molecule has 12 heteroatoms. The summed E-state index contributed by atoms with van der Waals surface area (Å²) in [5.74, 6) is 0.469. The summed E-state index contributed by atoms with van der Waals surface area (Å²) in [5, 5.41) is 4.54. The summed E-state index contributed by atoms with van der Waals surface area (Å²) in [4.78, 5) is 49.2. The zero-order chi connectivity index (χ0) is 34.7. The molecule has 3 aliphatic heterocycles. The fourth-order valence-electron chi connectivity index (χ4n) is 8.18. The first-order chi connectivity index (χ1) is 23.3. The fraction of sp³-hybridized carbons (Fsp3) is 0.568. The SMILES string of the molecule is COc1cc(C)ccc1CN1C(=O)CCN(c2cnn3ccc(CN4CCN(C5CC6(C5)CN(C(=O)OC(C)(C)C)C6)[C@@H](C)C4)cc23)C1=O. The number of likely N-dealkylation sites (tertiary alicyclic amines) is 1. The van der Waals surface area contributed by atoms with Gasteiger partial charge in [0, 0.05) is 81.5 Å². The van der Waals surface area contributed by atoms with Crippen LogP contribution >= 0.6 is 0 Å². The number of hydrogen-bond acceptors (Lipinski definition) is 8. The van der Waals surface area contributed by atoms with Crippen LogP contribution < -0.4 is 9.64 Å². The number of imide groups is 1. The molecular weight excluding hydrogens is 622 g/mol. The number of carbonyl (C=O) groups excluding carboxylic acids is 3. The van der Waals surface area contributed by atoms with E-state index in [1.165, 1.54) is 4.90 Å². The van der Waals surface area contributed by atoms with Gasteiger partial charge in [-0.15, -0.1) is 0 Å². The normalized spacial score (nSPS) is 22.1. The lowest BCUT2D eigenvalue weighted by Crippen LogP contribution is -2.69. The first-order valence-electron chi connectivity index (χ1n) is 17.5. The molecule has 12 nitrogen and oxygen atoms in total. The molecule has 0 unspecified atom stereocenters. The van der Waals surface area contributed by atoms with Crippen molar-refractivity contribution < 1.29 is 23.9 Å². The van der Waals surface area contributed by atoms with Crippen molar-refractivity contribution in [2.75, 3.05) is 51.3 Å². The molecule has 0 bridgehead atoms. The minimum absolute atomic E-state index is 0.151. The van der Waals surface area contributed by atoms with Crippen molar-refractivity contribution in [3.63, 3.8) is 0 Å². The zero-order valence-corrected chi connectivity index (χ0v) is 29.6. The van der Waals surface area contributed by atoms with Crippen molar-refractivity contribution in [1.29, 1.82) is 0 Å². The molecular formula is C37H49N7O5. The molecule has 1 aromatic carbocycles. The molecule has 4 aliphatic rings. The number of aromatic nitrogens is 2. The predicted octanol–water partition coefficient (Wildman–Crippen LogP) is 4.92. The molecule has 3 aromatic rings. The van der Waals surface area contributed by atoms with Crippen LogP contribution in [-0.2, 0) is 22.6 Å². The van der Waals surface area contributed by atoms with Crippen molar-refractivity contribution in [2.45, 2.75) is 84.7 Å². The van der Waals surface area contributed by atoms with Gasteiger partial charge in [0.05, 0.1) is 31.1 Å². The van der Waals surface area contributed by atoms with Gasteiger partial charge in [-0.3, -0.25) is 24.4 Å². The third kappa shape index (κ3) is 6.60. The Morgan fingerprint density at radius 1 is 1.04 bits per heavy atom. The molecule has 0 N–H and O–H groups in total. The highest BCUT2D eigenvalue weighted by Crippen LogP contribution is 2.51. The molecule has 7 rings (SSSR count). The van der Waals surface area contributed by atoms with Gasteiger partial charge < -0.3 is 14.4 Å². The van der Waals surface area contributed by atoms with Crippen molar-refractivity contribution >= 4 is 29.2 Å². The lowest BCUT2D eigenvalue weighted by Gasteiger charge is -2.62. The monoisotopic (exact) mass is 671 g/mol. The third-order valence-electron chi connectivity index (χ3n) is 10.6. The van der Waals surface area contributed by atoms with Crippen molar-refractivity contribution in [1.82, 2.24) is 29.2 Å². The molecule has 262 valence electrons. The summed E-state index contributed by atoms with van der Waals surface area (Å²) in [6.45, 7) is 15.9. The van der Waals surface area contributed by atoms with Crippen LogP contribution in [0.1, 0.15) is 63.6 Å². The average molecular weight is 672 g/mol. The number of nitrogens with zero attached hydrogens (tertiary/aromatic N) is 7. The summed E-state index contributed by atoms with van der Waals surface area (Å²) in [5.41, 5.74) is 4.36. The van der Waals surface area contributed by atoms with Gasteiger partial charge in [0.15, 0.2) is 0 Å². The lowest BCUT2D eigenvalue weighted by atomic mass is 9.60. The Labute approximate surface area is 288 Å². The maximum absolute atomic E-state index is 13.8. The van der Waals surface area contributed by atoms with E-state index in [9.17, 15) is 14.4 Å². The number of amides is 4. The number of fused-ring (bicyclic) bond motifs is 1. The van der Waals surface area contributed by atoms with Gasteiger partial charge >= 0.3 is 12.1 Å². The molecule has 4 amide bonds. The number of aryl methyl sites for hydroxylation is 1. The van der Waals surface area contributed by atoms with Gasteiger partial charge in [0.1, 0.15) is 11.4 Å². The molecule has 1 spiro atoms. The largest absolute Gasteiger partial charge is 0.496 e. The first kappa shape index (κ1) is 33.3. The van der Waals surface area contributed by atoms with E-state index in [4.69, 9.17) is 9.47 Å². The number of hydrogen-bond donors (Lipinski definition) is 0. The number of benzene rings is 1.